The fourth-order valence-corrected chi connectivity index (χ4v) is 3.51. The molecule has 0 radical (unpaired) electrons. The molecule has 1 heterocycles. The van der Waals surface area contributed by atoms with E-state index in [0.717, 1.165) is 16.5 Å². The van der Waals surface area contributed by atoms with Crippen molar-refractivity contribution in [1.82, 2.24) is 5.32 Å². The molecule has 3 unspecified atom stereocenters. The average Bonchev–Trinajstić information content (AvgIpc) is 2.29. The molecule has 1 fully saturated rings. The minimum atomic E-state index is 0.768. The molecule has 0 bridgehead atoms. The van der Waals surface area contributed by atoms with Crippen LogP contribution in [0.3, 0.4) is 0 Å². The summed E-state index contributed by atoms with van der Waals surface area (Å²) in [5.41, 5.74) is 0. The second-order valence-corrected chi connectivity index (χ2v) is 5.71. The van der Waals surface area contributed by atoms with Gasteiger partial charge >= 0.3 is 0 Å². The lowest BCUT2D eigenvalue weighted by molar-refractivity contribution is 0.461. The molecule has 1 aliphatic rings. The van der Waals surface area contributed by atoms with E-state index < -0.39 is 0 Å². The lowest BCUT2D eigenvalue weighted by Crippen LogP contribution is -2.36. The van der Waals surface area contributed by atoms with E-state index in [1.807, 2.05) is 0 Å². The Morgan fingerprint density at radius 1 is 1.38 bits per heavy atom. The standard InChI is InChI=1S/C11H23NS/c1-4-6-10-11(5-2)13-9(3)7-8-12-10/h9-12H,4-8H2,1-3H3. The van der Waals surface area contributed by atoms with Gasteiger partial charge in [-0.25, -0.2) is 0 Å². The third-order valence-corrected chi connectivity index (χ3v) is 4.53. The maximum Gasteiger partial charge on any atom is 0.0201 e. The summed E-state index contributed by atoms with van der Waals surface area (Å²) < 4.78 is 0. The molecule has 1 saturated heterocycles. The van der Waals surface area contributed by atoms with Crippen molar-refractivity contribution >= 4 is 11.8 Å². The predicted octanol–water partition coefficient (Wildman–Crippen LogP) is 3.05. The first-order chi connectivity index (χ1) is 6.27. The third kappa shape index (κ3) is 3.51. The zero-order valence-corrected chi connectivity index (χ0v) is 9.99. The van der Waals surface area contributed by atoms with Crippen molar-refractivity contribution in [3.05, 3.63) is 0 Å². The van der Waals surface area contributed by atoms with E-state index in [1.165, 1.54) is 32.2 Å². The van der Waals surface area contributed by atoms with Gasteiger partial charge in [-0.1, -0.05) is 27.2 Å². The Hall–Kier alpha value is 0.310. The van der Waals surface area contributed by atoms with Crippen LogP contribution in [0.15, 0.2) is 0 Å². The fraction of sp³-hybridized carbons (Fsp3) is 1.00. The monoisotopic (exact) mass is 201 g/mol. The second kappa shape index (κ2) is 5.92. The Labute approximate surface area is 87.1 Å². The normalized spacial score (nSPS) is 35.8. The smallest absolute Gasteiger partial charge is 0.0201 e. The van der Waals surface area contributed by atoms with Gasteiger partial charge in [0.1, 0.15) is 0 Å². The average molecular weight is 201 g/mol. The van der Waals surface area contributed by atoms with Gasteiger partial charge in [-0.15, -0.1) is 0 Å². The number of hydrogen-bond donors (Lipinski definition) is 1. The molecular formula is C11H23NS. The molecule has 0 aromatic heterocycles. The Balaban J connectivity index is 2.48. The zero-order chi connectivity index (χ0) is 9.68. The molecule has 0 saturated carbocycles. The largest absolute Gasteiger partial charge is 0.313 e. The van der Waals surface area contributed by atoms with Crippen molar-refractivity contribution in [3.63, 3.8) is 0 Å². The molecule has 1 aliphatic heterocycles. The van der Waals surface area contributed by atoms with E-state index in [2.05, 4.69) is 37.8 Å². The first-order valence-corrected chi connectivity index (χ1v) is 6.61. The summed E-state index contributed by atoms with van der Waals surface area (Å²) in [6.45, 7) is 8.19. The van der Waals surface area contributed by atoms with Crippen LogP contribution in [0.2, 0.25) is 0 Å². The highest BCUT2D eigenvalue weighted by molar-refractivity contribution is 8.00. The van der Waals surface area contributed by atoms with Crippen LogP contribution in [-0.2, 0) is 0 Å². The van der Waals surface area contributed by atoms with Crippen LogP contribution >= 0.6 is 11.8 Å². The fourth-order valence-electron chi connectivity index (χ4n) is 2.04. The maximum absolute atomic E-state index is 3.69. The first-order valence-electron chi connectivity index (χ1n) is 5.66. The molecule has 0 amide bonds. The SMILES string of the molecule is CCCC1NCCC(C)SC1CC. The van der Waals surface area contributed by atoms with Crippen LogP contribution in [0.25, 0.3) is 0 Å². The van der Waals surface area contributed by atoms with Gasteiger partial charge < -0.3 is 5.32 Å². The number of hydrogen-bond acceptors (Lipinski definition) is 2. The van der Waals surface area contributed by atoms with Crippen molar-refractivity contribution in [3.8, 4) is 0 Å². The van der Waals surface area contributed by atoms with E-state index in [9.17, 15) is 0 Å². The van der Waals surface area contributed by atoms with Gasteiger partial charge in [0.2, 0.25) is 0 Å². The summed E-state index contributed by atoms with van der Waals surface area (Å²) in [6.07, 6.45) is 5.30. The lowest BCUT2D eigenvalue weighted by atomic mass is 10.1. The van der Waals surface area contributed by atoms with E-state index in [-0.39, 0.29) is 0 Å². The highest BCUT2D eigenvalue weighted by atomic mass is 32.2. The van der Waals surface area contributed by atoms with Gasteiger partial charge in [0.25, 0.3) is 0 Å². The van der Waals surface area contributed by atoms with Gasteiger partial charge in [0, 0.05) is 16.5 Å². The minimum Gasteiger partial charge on any atom is -0.313 e. The van der Waals surface area contributed by atoms with Crippen molar-refractivity contribution in [2.75, 3.05) is 6.54 Å². The molecule has 3 atom stereocenters. The highest BCUT2D eigenvalue weighted by Crippen LogP contribution is 2.29. The topological polar surface area (TPSA) is 12.0 Å². The summed E-state index contributed by atoms with van der Waals surface area (Å²) >= 11 is 2.19. The summed E-state index contributed by atoms with van der Waals surface area (Å²) in [5, 5.41) is 5.38. The number of thioether (sulfide) groups is 1. The molecule has 2 heteroatoms. The molecule has 1 N–H and O–H groups in total. The van der Waals surface area contributed by atoms with Gasteiger partial charge in [0.05, 0.1) is 0 Å². The molecule has 13 heavy (non-hydrogen) atoms. The van der Waals surface area contributed by atoms with Crippen LogP contribution in [0, 0.1) is 0 Å². The van der Waals surface area contributed by atoms with E-state index in [4.69, 9.17) is 0 Å². The summed E-state index contributed by atoms with van der Waals surface area (Å²) in [6, 6.07) is 0.768. The third-order valence-electron chi connectivity index (χ3n) is 2.82. The van der Waals surface area contributed by atoms with Crippen molar-refractivity contribution in [2.24, 2.45) is 0 Å². The predicted molar refractivity (Wildman–Crippen MR) is 62.4 cm³/mol. The van der Waals surface area contributed by atoms with Crippen LogP contribution in [0.5, 0.6) is 0 Å². The second-order valence-electron chi connectivity index (χ2n) is 4.03. The van der Waals surface area contributed by atoms with Crippen LogP contribution in [-0.4, -0.2) is 23.1 Å². The first kappa shape index (κ1) is 11.4. The van der Waals surface area contributed by atoms with Crippen LogP contribution in [0.4, 0.5) is 0 Å². The van der Waals surface area contributed by atoms with Gasteiger partial charge in [-0.05, 0) is 25.8 Å². The quantitative estimate of drug-likeness (QED) is 0.753. The van der Waals surface area contributed by atoms with Crippen molar-refractivity contribution in [1.29, 1.82) is 0 Å². The van der Waals surface area contributed by atoms with Gasteiger partial charge in [-0.2, -0.15) is 11.8 Å². The van der Waals surface area contributed by atoms with Gasteiger partial charge in [-0.3, -0.25) is 0 Å². The summed E-state index contributed by atoms with van der Waals surface area (Å²) in [5.74, 6) is 0. The summed E-state index contributed by atoms with van der Waals surface area (Å²) in [7, 11) is 0. The molecule has 0 aliphatic carbocycles. The molecule has 0 aromatic carbocycles. The Morgan fingerprint density at radius 3 is 2.77 bits per heavy atom. The summed E-state index contributed by atoms with van der Waals surface area (Å²) in [4.78, 5) is 0. The van der Waals surface area contributed by atoms with Crippen LogP contribution in [0.1, 0.15) is 46.5 Å². The zero-order valence-electron chi connectivity index (χ0n) is 9.18. The maximum atomic E-state index is 3.69. The number of nitrogens with one attached hydrogen (secondary N) is 1. The Bertz CT molecular complexity index is 138. The minimum absolute atomic E-state index is 0.768. The van der Waals surface area contributed by atoms with E-state index in [0.29, 0.717) is 0 Å². The van der Waals surface area contributed by atoms with E-state index >= 15 is 0 Å². The molecule has 1 nitrogen and oxygen atoms in total. The highest BCUT2D eigenvalue weighted by Gasteiger charge is 2.24. The lowest BCUT2D eigenvalue weighted by Gasteiger charge is -2.24. The number of rotatable bonds is 3. The van der Waals surface area contributed by atoms with Crippen molar-refractivity contribution < 1.29 is 0 Å². The molecule has 0 spiro atoms. The van der Waals surface area contributed by atoms with Crippen molar-refractivity contribution in [2.45, 2.75) is 63.0 Å². The molecule has 0 aromatic rings. The molecule has 1 rings (SSSR count). The van der Waals surface area contributed by atoms with E-state index in [1.54, 1.807) is 0 Å². The molecule has 78 valence electrons. The van der Waals surface area contributed by atoms with Crippen LogP contribution < -0.4 is 5.32 Å². The van der Waals surface area contributed by atoms with Gasteiger partial charge in [0.15, 0.2) is 0 Å². The molecular weight excluding hydrogens is 178 g/mol. The Kier molecular flexibility index (Phi) is 5.18. The Morgan fingerprint density at radius 2 is 2.15 bits per heavy atom.